The van der Waals surface area contributed by atoms with E-state index in [1.165, 1.54) is 0 Å². The number of hydrogen-bond acceptors (Lipinski definition) is 2. The van der Waals surface area contributed by atoms with Gasteiger partial charge in [0.25, 0.3) is 0 Å². The highest BCUT2D eigenvalue weighted by Gasteiger charge is 2.23. The summed E-state index contributed by atoms with van der Waals surface area (Å²) < 4.78 is 18.9. The molecule has 0 spiro atoms. The van der Waals surface area contributed by atoms with Crippen LogP contribution in [0.25, 0.3) is 6.08 Å². The Morgan fingerprint density at radius 2 is 1.32 bits per heavy atom. The van der Waals surface area contributed by atoms with Crippen molar-refractivity contribution in [3.63, 3.8) is 0 Å². The maximum absolute atomic E-state index is 13.7. The smallest absolute Gasteiger partial charge is 0.171 e. The van der Waals surface area contributed by atoms with E-state index in [2.05, 4.69) is 5.73 Å². The van der Waals surface area contributed by atoms with Gasteiger partial charge in [-0.3, -0.25) is 0 Å². The SMILES string of the molecule is COc1ccc(C=C=CP(=O)(c2ccccc2)c2ccccc2)cc1. The third-order valence-corrected chi connectivity index (χ3v) is 6.54. The molecule has 0 bridgehead atoms. The fraction of sp³-hybridized carbons (Fsp3) is 0.0455. The van der Waals surface area contributed by atoms with Crippen molar-refractivity contribution >= 4 is 23.8 Å². The molecular formula is C22H19O2P. The lowest BCUT2D eigenvalue weighted by atomic mass is 10.2. The molecule has 0 N–H and O–H groups in total. The first-order chi connectivity index (χ1) is 12.2. The molecule has 0 aliphatic carbocycles. The molecule has 0 radical (unpaired) electrons. The summed E-state index contributed by atoms with van der Waals surface area (Å²) >= 11 is 0. The summed E-state index contributed by atoms with van der Waals surface area (Å²) in [6.45, 7) is 0. The Morgan fingerprint density at radius 1 is 0.800 bits per heavy atom. The maximum atomic E-state index is 13.7. The lowest BCUT2D eigenvalue weighted by Gasteiger charge is -2.14. The molecule has 0 saturated heterocycles. The van der Waals surface area contributed by atoms with Crippen LogP contribution in [0.5, 0.6) is 5.75 Å². The minimum absolute atomic E-state index is 0.803. The van der Waals surface area contributed by atoms with Crippen LogP contribution >= 0.6 is 7.14 Å². The second kappa shape index (κ2) is 7.85. The van der Waals surface area contributed by atoms with Crippen LogP contribution in [0.3, 0.4) is 0 Å². The van der Waals surface area contributed by atoms with Crippen molar-refractivity contribution in [2.24, 2.45) is 0 Å². The average molecular weight is 346 g/mol. The van der Waals surface area contributed by atoms with Gasteiger partial charge in [-0.15, -0.1) is 5.73 Å². The van der Waals surface area contributed by atoms with E-state index in [-0.39, 0.29) is 0 Å². The van der Waals surface area contributed by atoms with Crippen LogP contribution in [0.15, 0.2) is 96.5 Å². The lowest BCUT2D eigenvalue weighted by Crippen LogP contribution is -2.13. The van der Waals surface area contributed by atoms with Crippen molar-refractivity contribution in [1.29, 1.82) is 0 Å². The van der Waals surface area contributed by atoms with E-state index >= 15 is 0 Å². The van der Waals surface area contributed by atoms with Crippen molar-refractivity contribution in [2.45, 2.75) is 0 Å². The molecule has 25 heavy (non-hydrogen) atoms. The average Bonchev–Trinajstić information content (AvgIpc) is 2.70. The fourth-order valence-electron chi connectivity index (χ4n) is 2.54. The molecule has 0 saturated carbocycles. The van der Waals surface area contributed by atoms with Crippen molar-refractivity contribution < 1.29 is 9.30 Å². The van der Waals surface area contributed by atoms with Gasteiger partial charge in [0.1, 0.15) is 5.75 Å². The van der Waals surface area contributed by atoms with E-state index in [4.69, 9.17) is 4.74 Å². The Kier molecular flexibility index (Phi) is 5.36. The summed E-state index contributed by atoms with van der Waals surface area (Å²) in [6.07, 6.45) is 1.83. The first kappa shape index (κ1) is 17.0. The van der Waals surface area contributed by atoms with Crippen LogP contribution in [0, 0.1) is 0 Å². The second-order valence-corrected chi connectivity index (χ2v) is 8.15. The summed E-state index contributed by atoms with van der Waals surface area (Å²) in [4.78, 5) is 0. The predicted octanol–water partition coefficient (Wildman–Crippen LogP) is 4.84. The Hall–Kier alpha value is -2.79. The number of hydrogen-bond donors (Lipinski definition) is 0. The summed E-state index contributed by atoms with van der Waals surface area (Å²) in [5, 5.41) is 1.61. The van der Waals surface area contributed by atoms with Gasteiger partial charge in [0.15, 0.2) is 7.14 Å². The monoisotopic (exact) mass is 346 g/mol. The Labute approximate surface area is 148 Å². The Bertz CT molecular complexity index is 879. The Morgan fingerprint density at radius 3 is 1.80 bits per heavy atom. The molecule has 0 unspecified atom stereocenters. The van der Waals surface area contributed by atoms with Gasteiger partial charge in [0, 0.05) is 16.4 Å². The van der Waals surface area contributed by atoms with Crippen molar-refractivity contribution in [3.05, 3.63) is 102 Å². The Balaban J connectivity index is 2.01. The first-order valence-electron chi connectivity index (χ1n) is 8.01. The zero-order valence-electron chi connectivity index (χ0n) is 14.0. The van der Waals surface area contributed by atoms with Gasteiger partial charge in [-0.1, -0.05) is 72.8 Å². The molecule has 124 valence electrons. The van der Waals surface area contributed by atoms with E-state index in [0.29, 0.717) is 0 Å². The summed E-state index contributed by atoms with van der Waals surface area (Å²) in [5.74, 6) is 2.50. The molecular weight excluding hydrogens is 327 g/mol. The predicted molar refractivity (Wildman–Crippen MR) is 105 cm³/mol. The summed E-state index contributed by atoms with van der Waals surface area (Å²) in [6, 6.07) is 26.8. The molecule has 0 aliphatic rings. The van der Waals surface area contributed by atoms with Crippen LogP contribution in [0.1, 0.15) is 5.56 Å². The molecule has 2 nitrogen and oxygen atoms in total. The lowest BCUT2D eigenvalue weighted by molar-refractivity contribution is 0.415. The number of benzene rings is 3. The molecule has 0 atom stereocenters. The van der Waals surface area contributed by atoms with Gasteiger partial charge >= 0.3 is 0 Å². The standard InChI is InChI=1S/C22H19O2P/c1-24-20-16-14-19(15-17-20)9-8-18-25(23,21-10-4-2-5-11-21)22-12-6-3-7-13-22/h2-7,9-18H,1H3. The molecule has 0 amide bonds. The molecule has 3 heteroatoms. The quantitative estimate of drug-likeness (QED) is 0.488. The summed E-state index contributed by atoms with van der Waals surface area (Å²) in [5.41, 5.74) is 4.10. The molecule has 0 heterocycles. The highest BCUT2D eigenvalue weighted by molar-refractivity contribution is 7.81. The zero-order valence-corrected chi connectivity index (χ0v) is 14.9. The number of rotatable bonds is 5. The minimum Gasteiger partial charge on any atom is -0.497 e. The van der Waals surface area contributed by atoms with E-state index in [9.17, 15) is 4.57 Å². The van der Waals surface area contributed by atoms with Gasteiger partial charge in [-0.2, -0.15) is 0 Å². The normalized spacial score (nSPS) is 10.6. The van der Waals surface area contributed by atoms with E-state index in [1.54, 1.807) is 12.9 Å². The number of methoxy groups -OCH3 is 1. The molecule has 0 aliphatic heterocycles. The highest BCUT2D eigenvalue weighted by Crippen LogP contribution is 2.44. The zero-order chi connectivity index (χ0) is 17.5. The molecule has 3 rings (SSSR count). The molecule has 3 aromatic rings. The van der Waals surface area contributed by atoms with Crippen LogP contribution in [0.2, 0.25) is 0 Å². The number of ether oxygens (including phenoxy) is 1. The van der Waals surface area contributed by atoms with E-state index in [0.717, 1.165) is 21.9 Å². The van der Waals surface area contributed by atoms with Crippen molar-refractivity contribution in [2.75, 3.05) is 7.11 Å². The second-order valence-electron chi connectivity index (χ2n) is 5.54. The molecule has 3 aromatic carbocycles. The van der Waals surface area contributed by atoms with Crippen LogP contribution in [0.4, 0.5) is 0 Å². The maximum Gasteiger partial charge on any atom is 0.171 e. The topological polar surface area (TPSA) is 26.3 Å². The van der Waals surface area contributed by atoms with Crippen molar-refractivity contribution in [3.8, 4) is 5.75 Å². The molecule has 0 fully saturated rings. The highest BCUT2D eigenvalue weighted by atomic mass is 31.2. The van der Waals surface area contributed by atoms with E-state index in [1.807, 2.05) is 91.0 Å². The fourth-order valence-corrected chi connectivity index (χ4v) is 4.65. The summed E-state index contributed by atoms with van der Waals surface area (Å²) in [7, 11) is -1.23. The largest absolute Gasteiger partial charge is 0.497 e. The van der Waals surface area contributed by atoms with Crippen LogP contribution < -0.4 is 15.3 Å². The van der Waals surface area contributed by atoms with Gasteiger partial charge in [0.2, 0.25) is 0 Å². The van der Waals surface area contributed by atoms with Gasteiger partial charge in [0.05, 0.1) is 7.11 Å². The van der Waals surface area contributed by atoms with Gasteiger partial charge in [-0.25, -0.2) is 0 Å². The third kappa shape index (κ3) is 4.00. The molecule has 0 aromatic heterocycles. The van der Waals surface area contributed by atoms with Gasteiger partial charge < -0.3 is 9.30 Å². The minimum atomic E-state index is -2.87. The van der Waals surface area contributed by atoms with Gasteiger partial charge in [-0.05, 0) is 23.8 Å². The van der Waals surface area contributed by atoms with Crippen LogP contribution in [-0.4, -0.2) is 7.11 Å². The van der Waals surface area contributed by atoms with E-state index < -0.39 is 7.14 Å². The third-order valence-electron chi connectivity index (χ3n) is 3.90. The van der Waals surface area contributed by atoms with Crippen LogP contribution in [-0.2, 0) is 4.57 Å². The van der Waals surface area contributed by atoms with Crippen molar-refractivity contribution in [1.82, 2.24) is 0 Å². The first-order valence-corrected chi connectivity index (χ1v) is 9.79.